The highest BCUT2D eigenvalue weighted by molar-refractivity contribution is 6.27. The van der Waals surface area contributed by atoms with Crippen molar-refractivity contribution in [3.05, 3.63) is 35.4 Å². The van der Waals surface area contributed by atoms with Crippen LogP contribution in [0.5, 0.6) is 0 Å². The van der Waals surface area contributed by atoms with Crippen LogP contribution in [0, 0.1) is 11.8 Å². The van der Waals surface area contributed by atoms with Crippen LogP contribution in [0.4, 0.5) is 0 Å². The topological polar surface area (TPSA) is 139 Å². The van der Waals surface area contributed by atoms with Gasteiger partial charge < -0.3 is 20.0 Å². The highest BCUT2D eigenvalue weighted by Gasteiger charge is 2.49. The fraction of sp³-hybridized carbons (Fsp3) is 0.500. The van der Waals surface area contributed by atoms with Crippen molar-refractivity contribution in [1.29, 1.82) is 0 Å². The molecule has 1 aromatic carbocycles. The highest BCUT2D eigenvalue weighted by atomic mass is 35.5. The van der Waals surface area contributed by atoms with Crippen molar-refractivity contribution in [2.75, 3.05) is 0 Å². The molecule has 2 atom stereocenters. The smallest absolute Gasteiger partial charge is 0.345 e. The lowest BCUT2D eigenvalue weighted by molar-refractivity contribution is -0.139. The normalized spacial score (nSPS) is 15.3. The quantitative estimate of drug-likeness (QED) is 0.401. The van der Waals surface area contributed by atoms with E-state index >= 15 is 0 Å². The second kappa shape index (κ2) is 10.3. The average molecular weight is 461 g/mol. The van der Waals surface area contributed by atoms with Crippen molar-refractivity contribution in [2.45, 2.75) is 51.6 Å². The molecule has 1 rings (SSSR count). The molecule has 166 valence electrons. The Morgan fingerprint density at radius 2 is 1.10 bits per heavy atom. The summed E-state index contributed by atoms with van der Waals surface area (Å²) in [5.74, 6) is -4.47. The van der Waals surface area contributed by atoms with E-state index in [4.69, 9.17) is 35.2 Å². The van der Waals surface area contributed by atoms with E-state index in [1.807, 2.05) is 0 Å². The molecule has 0 fully saturated rings. The number of nitrogens with two attached hydrogens (primary N) is 2. The van der Waals surface area contributed by atoms with Gasteiger partial charge in [0.05, 0.1) is 0 Å². The van der Waals surface area contributed by atoms with Crippen LogP contribution in [-0.4, -0.2) is 34.6 Å². The van der Waals surface area contributed by atoms with Gasteiger partial charge >= 0.3 is 11.9 Å². The third-order valence-electron chi connectivity index (χ3n) is 4.56. The molecule has 0 aliphatic carbocycles. The van der Waals surface area contributed by atoms with Crippen molar-refractivity contribution in [3.8, 4) is 0 Å². The molecule has 0 spiro atoms. The van der Waals surface area contributed by atoms with E-state index in [9.17, 15) is 19.2 Å². The molecule has 0 aromatic heterocycles. The van der Waals surface area contributed by atoms with Crippen molar-refractivity contribution in [1.82, 2.24) is 0 Å². The Hall–Kier alpha value is -2.00. The van der Waals surface area contributed by atoms with E-state index in [0.717, 1.165) is 0 Å². The lowest BCUT2D eigenvalue weighted by Crippen LogP contribution is -2.58. The Kier molecular flexibility index (Phi) is 8.98. The number of halogens is 2. The lowest BCUT2D eigenvalue weighted by atomic mass is 9.77. The average Bonchev–Trinajstić information content (AvgIpc) is 2.69. The van der Waals surface area contributed by atoms with Gasteiger partial charge in [-0.2, -0.15) is 0 Å². The fourth-order valence-corrected chi connectivity index (χ4v) is 3.60. The van der Waals surface area contributed by atoms with Crippen LogP contribution in [0.25, 0.3) is 0 Å². The number of rotatable bonds is 10. The summed E-state index contributed by atoms with van der Waals surface area (Å²) >= 11 is 10.4. The predicted octanol–water partition coefficient (Wildman–Crippen LogP) is 2.93. The fourth-order valence-electron chi connectivity index (χ4n) is 3.32. The van der Waals surface area contributed by atoms with Crippen molar-refractivity contribution < 1.29 is 27.8 Å². The summed E-state index contributed by atoms with van der Waals surface area (Å²) in [6.07, 6.45) is -0.188. The van der Waals surface area contributed by atoms with Crippen LogP contribution in [-0.2, 0) is 18.2 Å². The lowest BCUT2D eigenvalue weighted by Gasteiger charge is -2.29. The second-order valence-corrected chi connectivity index (χ2v) is 8.38. The second-order valence-electron chi connectivity index (χ2n) is 8.07. The molecular formula is C20H26Cl2N2O6. The van der Waals surface area contributed by atoms with E-state index in [1.165, 1.54) is 24.3 Å². The third kappa shape index (κ3) is 5.37. The molecule has 0 saturated carbocycles. The molecule has 0 aliphatic rings. The monoisotopic (exact) mass is 460 g/mol. The third-order valence-corrected chi connectivity index (χ3v) is 4.84. The minimum atomic E-state index is -2.14. The molecule has 1 aromatic rings. The number of benzene rings is 1. The molecule has 30 heavy (non-hydrogen) atoms. The van der Waals surface area contributed by atoms with E-state index < -0.39 is 34.6 Å². The summed E-state index contributed by atoms with van der Waals surface area (Å²) in [5.41, 5.74) is 7.53. The van der Waals surface area contributed by atoms with Gasteiger partial charge in [0.15, 0.2) is 22.6 Å². The van der Waals surface area contributed by atoms with E-state index in [1.54, 1.807) is 27.7 Å². The maximum absolute atomic E-state index is 13.3. The molecule has 0 saturated heterocycles. The number of hydrogen-bond donors (Lipinski definition) is 2. The molecule has 0 aliphatic heterocycles. The van der Waals surface area contributed by atoms with Crippen LogP contribution < -0.4 is 11.5 Å². The van der Waals surface area contributed by atoms with Gasteiger partial charge in [-0.1, -0.05) is 52.0 Å². The van der Waals surface area contributed by atoms with E-state index in [0.29, 0.717) is 0 Å². The van der Waals surface area contributed by atoms with Gasteiger partial charge in [-0.05, 0) is 24.7 Å². The standard InChI is InChI=1S/C20H26Cl2N2O6/c1-11(2)9-19(23,17(27)29-21)15(25)13-7-5-6-8-14(13)16(26)20(24,10-12(3)4)18(28)30-22/h5-8,11-12H,9-10,23-24H2,1-4H3/t19-,20-/m1/s1. The maximum Gasteiger partial charge on any atom is 0.352 e. The Labute approximate surface area is 185 Å². The first kappa shape index (κ1) is 26.0. The molecule has 0 unspecified atom stereocenters. The van der Waals surface area contributed by atoms with Gasteiger partial charge in [0.1, 0.15) is 23.7 Å². The van der Waals surface area contributed by atoms with Crippen LogP contribution >= 0.6 is 23.7 Å². The summed E-state index contributed by atoms with van der Waals surface area (Å²) < 4.78 is 8.44. The van der Waals surface area contributed by atoms with Gasteiger partial charge in [0, 0.05) is 11.1 Å². The van der Waals surface area contributed by atoms with Crippen LogP contribution in [0.15, 0.2) is 24.3 Å². The van der Waals surface area contributed by atoms with E-state index in [2.05, 4.69) is 8.58 Å². The van der Waals surface area contributed by atoms with E-state index in [-0.39, 0.29) is 35.8 Å². The first-order valence-corrected chi connectivity index (χ1v) is 9.89. The van der Waals surface area contributed by atoms with Crippen LogP contribution in [0.1, 0.15) is 61.3 Å². The Morgan fingerprint density at radius 3 is 1.33 bits per heavy atom. The zero-order chi connectivity index (χ0) is 23.3. The number of hydrogen-bond acceptors (Lipinski definition) is 8. The molecular weight excluding hydrogens is 435 g/mol. The molecule has 10 heteroatoms. The van der Waals surface area contributed by atoms with Gasteiger partial charge in [-0.25, -0.2) is 9.59 Å². The number of ketones is 2. The first-order valence-electron chi connectivity index (χ1n) is 9.27. The molecule has 0 heterocycles. The Morgan fingerprint density at radius 1 is 0.800 bits per heavy atom. The largest absolute Gasteiger partial charge is 0.352 e. The SMILES string of the molecule is CC(C)C[C@](N)(C(=O)OCl)C(=O)c1ccccc1C(=O)[C@](N)(CC(C)C)C(=O)OCl. The maximum atomic E-state index is 13.3. The summed E-state index contributed by atoms with van der Waals surface area (Å²) in [7, 11) is 0. The summed E-state index contributed by atoms with van der Waals surface area (Å²) in [4.78, 5) is 51.1. The Balaban J connectivity index is 3.61. The van der Waals surface area contributed by atoms with Crippen LogP contribution in [0.2, 0.25) is 0 Å². The number of carbonyl (C=O) groups is 4. The minimum absolute atomic E-state index is 0.0939. The molecule has 0 radical (unpaired) electrons. The zero-order valence-corrected chi connectivity index (χ0v) is 18.8. The summed E-state index contributed by atoms with van der Waals surface area (Å²) in [6, 6.07) is 5.57. The number of Topliss-reactive ketones (excluding diaryl/α,β-unsaturated/α-hetero) is 2. The molecule has 8 nitrogen and oxygen atoms in total. The highest BCUT2D eigenvalue weighted by Crippen LogP contribution is 2.28. The van der Waals surface area contributed by atoms with Gasteiger partial charge in [-0.3, -0.25) is 9.59 Å². The van der Waals surface area contributed by atoms with Gasteiger partial charge in [0.2, 0.25) is 0 Å². The van der Waals surface area contributed by atoms with Crippen molar-refractivity contribution in [3.63, 3.8) is 0 Å². The van der Waals surface area contributed by atoms with Gasteiger partial charge in [0.25, 0.3) is 0 Å². The molecule has 0 bridgehead atoms. The summed E-state index contributed by atoms with van der Waals surface area (Å²) in [5, 5.41) is 0. The van der Waals surface area contributed by atoms with Crippen molar-refractivity contribution in [2.24, 2.45) is 23.3 Å². The predicted molar refractivity (Wildman–Crippen MR) is 112 cm³/mol. The van der Waals surface area contributed by atoms with Crippen molar-refractivity contribution >= 4 is 47.2 Å². The zero-order valence-electron chi connectivity index (χ0n) is 17.2. The Bertz CT molecular complexity index is 762. The molecule has 0 amide bonds. The first-order chi connectivity index (χ1) is 13.8. The number of carbonyl (C=O) groups excluding carboxylic acids is 4. The van der Waals surface area contributed by atoms with Crippen LogP contribution in [0.3, 0.4) is 0 Å². The minimum Gasteiger partial charge on any atom is -0.345 e. The summed E-state index contributed by atoms with van der Waals surface area (Å²) in [6.45, 7) is 6.99. The van der Waals surface area contributed by atoms with Gasteiger partial charge in [-0.15, -0.1) is 0 Å². The molecule has 4 N–H and O–H groups in total.